The molecule has 0 saturated heterocycles. The minimum atomic E-state index is -3.10. The average molecular weight is 489 g/mol. The molecule has 3 amide bonds. The highest BCUT2D eigenvalue weighted by atomic mass is 35.5. The molecule has 0 aliphatic carbocycles. The zero-order valence-electron chi connectivity index (χ0n) is 16.1. The van der Waals surface area contributed by atoms with Gasteiger partial charge in [-0.3, -0.25) is 10.1 Å². The fourth-order valence-electron chi connectivity index (χ4n) is 2.62. The van der Waals surface area contributed by atoms with Crippen molar-refractivity contribution in [3.8, 4) is 11.5 Å². The Morgan fingerprint density at radius 1 is 0.909 bits per heavy atom. The first kappa shape index (κ1) is 23.9. The number of amides is 3. The van der Waals surface area contributed by atoms with E-state index in [9.17, 15) is 35.9 Å². The highest BCUT2D eigenvalue weighted by molar-refractivity contribution is 6.32. The Bertz CT molecular complexity index is 1220. The Morgan fingerprint density at radius 2 is 1.58 bits per heavy atom. The second-order valence-corrected chi connectivity index (χ2v) is 6.71. The average Bonchev–Trinajstić information content (AvgIpc) is 2.73. The maximum absolute atomic E-state index is 14.3. The molecule has 0 aromatic heterocycles. The lowest BCUT2D eigenvalue weighted by Gasteiger charge is -2.12. The van der Waals surface area contributed by atoms with Crippen molar-refractivity contribution >= 4 is 29.2 Å². The van der Waals surface area contributed by atoms with Crippen LogP contribution in [0.1, 0.15) is 22.3 Å². The van der Waals surface area contributed by atoms with Gasteiger partial charge < -0.3 is 10.1 Å². The standard InChI is InChI=1S/C21H11ClF6N2O3/c22-17-15(7-5-10(18(17)26)19(27)28)33-9-4-6-14(13(25)8-9)29-21(32)30-20(31)16-11(23)2-1-3-12(16)24/h1-8,19H,(H2,29,30,31,32). The van der Waals surface area contributed by atoms with Gasteiger partial charge in [0.2, 0.25) is 0 Å². The molecule has 0 saturated carbocycles. The van der Waals surface area contributed by atoms with Crippen molar-refractivity contribution in [2.75, 3.05) is 5.32 Å². The van der Waals surface area contributed by atoms with Crippen molar-refractivity contribution in [1.82, 2.24) is 5.32 Å². The van der Waals surface area contributed by atoms with E-state index in [1.165, 1.54) is 0 Å². The molecule has 5 nitrogen and oxygen atoms in total. The van der Waals surface area contributed by atoms with Crippen LogP contribution in [-0.4, -0.2) is 11.9 Å². The van der Waals surface area contributed by atoms with Crippen molar-refractivity contribution in [3.63, 3.8) is 0 Å². The van der Waals surface area contributed by atoms with Gasteiger partial charge in [-0.1, -0.05) is 17.7 Å². The van der Waals surface area contributed by atoms with Gasteiger partial charge in [-0.2, -0.15) is 0 Å². The molecule has 3 aromatic rings. The topological polar surface area (TPSA) is 67.4 Å². The molecule has 3 rings (SSSR count). The molecule has 0 aliphatic rings. The highest BCUT2D eigenvalue weighted by Crippen LogP contribution is 2.36. The summed E-state index contributed by atoms with van der Waals surface area (Å²) in [5.41, 5.74) is -2.39. The molecule has 172 valence electrons. The number of nitrogens with one attached hydrogen (secondary N) is 2. The lowest BCUT2D eigenvalue weighted by molar-refractivity contribution is 0.0958. The number of rotatable bonds is 5. The van der Waals surface area contributed by atoms with Crippen molar-refractivity contribution in [1.29, 1.82) is 0 Å². The van der Waals surface area contributed by atoms with Crippen LogP contribution >= 0.6 is 11.6 Å². The van der Waals surface area contributed by atoms with Crippen LogP contribution in [-0.2, 0) is 0 Å². The smallest absolute Gasteiger partial charge is 0.326 e. The summed E-state index contributed by atoms with van der Waals surface area (Å²) in [7, 11) is 0. The van der Waals surface area contributed by atoms with E-state index in [0.29, 0.717) is 0 Å². The Labute approximate surface area is 186 Å². The van der Waals surface area contributed by atoms with E-state index in [2.05, 4.69) is 0 Å². The largest absolute Gasteiger partial charge is 0.456 e. The van der Waals surface area contributed by atoms with E-state index in [4.69, 9.17) is 16.3 Å². The van der Waals surface area contributed by atoms with Gasteiger partial charge in [0.15, 0.2) is 5.82 Å². The SMILES string of the molecule is O=C(NC(=O)c1c(F)cccc1F)Nc1ccc(Oc2ccc(C(F)F)c(F)c2Cl)cc1F. The van der Waals surface area contributed by atoms with E-state index < -0.39 is 63.5 Å². The predicted molar refractivity (Wildman–Crippen MR) is 106 cm³/mol. The normalized spacial score (nSPS) is 10.8. The molecule has 3 aromatic carbocycles. The predicted octanol–water partition coefficient (Wildman–Crippen LogP) is 6.59. The van der Waals surface area contributed by atoms with Crippen LogP contribution in [0.4, 0.5) is 36.8 Å². The first-order chi connectivity index (χ1) is 15.6. The third-order valence-corrected chi connectivity index (χ3v) is 4.50. The number of hydrogen-bond acceptors (Lipinski definition) is 3. The molecule has 12 heteroatoms. The maximum Gasteiger partial charge on any atom is 0.326 e. The number of hydrogen-bond donors (Lipinski definition) is 2. The van der Waals surface area contributed by atoms with E-state index in [1.807, 2.05) is 5.32 Å². The summed E-state index contributed by atoms with van der Waals surface area (Å²) in [4.78, 5) is 23.8. The van der Waals surface area contributed by atoms with E-state index in [1.54, 1.807) is 5.32 Å². The number of halogens is 7. The zero-order chi connectivity index (χ0) is 24.3. The Balaban J connectivity index is 1.70. The molecular weight excluding hydrogens is 478 g/mol. The van der Waals surface area contributed by atoms with E-state index in [0.717, 1.165) is 48.5 Å². The van der Waals surface area contributed by atoms with Gasteiger partial charge in [0, 0.05) is 6.07 Å². The number of anilines is 1. The second-order valence-electron chi connectivity index (χ2n) is 6.33. The quantitative estimate of drug-likeness (QED) is 0.398. The lowest BCUT2D eigenvalue weighted by atomic mass is 10.2. The van der Waals surface area contributed by atoms with Crippen molar-refractivity contribution < 1.29 is 40.7 Å². The third kappa shape index (κ3) is 5.37. The molecule has 0 radical (unpaired) electrons. The van der Waals surface area contributed by atoms with Crippen molar-refractivity contribution in [2.24, 2.45) is 0 Å². The number of carbonyl (C=O) groups is 2. The summed E-state index contributed by atoms with van der Waals surface area (Å²) in [5, 5.41) is 2.87. The van der Waals surface area contributed by atoms with Crippen LogP contribution in [0.3, 0.4) is 0 Å². The molecule has 0 bridgehead atoms. The number of alkyl halides is 2. The number of urea groups is 1. The van der Waals surface area contributed by atoms with Gasteiger partial charge in [0.1, 0.15) is 39.5 Å². The molecule has 0 atom stereocenters. The monoisotopic (exact) mass is 488 g/mol. The number of benzene rings is 3. The highest BCUT2D eigenvalue weighted by Gasteiger charge is 2.21. The minimum Gasteiger partial charge on any atom is -0.456 e. The number of imide groups is 1. The molecule has 0 heterocycles. The van der Waals surface area contributed by atoms with E-state index in [-0.39, 0.29) is 11.5 Å². The van der Waals surface area contributed by atoms with Crippen LogP contribution in [0.5, 0.6) is 11.5 Å². The van der Waals surface area contributed by atoms with Crippen LogP contribution in [0.15, 0.2) is 48.5 Å². The fraction of sp³-hybridized carbons (Fsp3) is 0.0476. The second kappa shape index (κ2) is 9.82. The summed E-state index contributed by atoms with van der Waals surface area (Å²) in [5.74, 6) is -6.87. The fourth-order valence-corrected chi connectivity index (χ4v) is 2.83. The summed E-state index contributed by atoms with van der Waals surface area (Å²) in [6, 6.07) is 5.95. The summed E-state index contributed by atoms with van der Waals surface area (Å²) in [6.45, 7) is 0. The first-order valence-electron chi connectivity index (χ1n) is 8.88. The van der Waals surface area contributed by atoms with Crippen LogP contribution in [0, 0.1) is 23.3 Å². The van der Waals surface area contributed by atoms with Crippen molar-refractivity contribution in [3.05, 3.63) is 87.9 Å². The molecule has 0 aliphatic heterocycles. The molecule has 0 spiro atoms. The molecule has 2 N–H and O–H groups in total. The Morgan fingerprint density at radius 3 is 2.18 bits per heavy atom. The Kier molecular flexibility index (Phi) is 7.12. The molecule has 33 heavy (non-hydrogen) atoms. The van der Waals surface area contributed by atoms with Crippen LogP contribution in [0.25, 0.3) is 0 Å². The third-order valence-electron chi connectivity index (χ3n) is 4.15. The molecule has 0 fully saturated rings. The number of ether oxygens (including phenoxy) is 1. The van der Waals surface area contributed by atoms with Gasteiger partial charge >= 0.3 is 6.03 Å². The Hall–Kier alpha value is -3.73. The van der Waals surface area contributed by atoms with Gasteiger partial charge in [-0.15, -0.1) is 0 Å². The van der Waals surface area contributed by atoms with Crippen LogP contribution in [0.2, 0.25) is 5.02 Å². The minimum absolute atomic E-state index is 0.228. The van der Waals surface area contributed by atoms with Crippen molar-refractivity contribution in [2.45, 2.75) is 6.43 Å². The zero-order valence-corrected chi connectivity index (χ0v) is 16.8. The van der Waals surface area contributed by atoms with Gasteiger partial charge in [-0.05, 0) is 36.4 Å². The summed E-state index contributed by atoms with van der Waals surface area (Å²) >= 11 is 5.68. The summed E-state index contributed by atoms with van der Waals surface area (Å²) in [6.07, 6.45) is -3.10. The molecular formula is C21H11ClF6N2O3. The first-order valence-corrected chi connectivity index (χ1v) is 9.26. The lowest BCUT2D eigenvalue weighted by Crippen LogP contribution is -2.35. The molecule has 0 unspecified atom stereocenters. The van der Waals surface area contributed by atoms with E-state index >= 15 is 0 Å². The van der Waals surface area contributed by atoms with Gasteiger partial charge in [-0.25, -0.2) is 31.1 Å². The maximum atomic E-state index is 14.3. The van der Waals surface area contributed by atoms with Crippen LogP contribution < -0.4 is 15.4 Å². The summed E-state index contributed by atoms with van der Waals surface area (Å²) < 4.78 is 86.0. The number of carbonyl (C=O) groups excluding carboxylic acids is 2. The van der Waals surface area contributed by atoms with Gasteiger partial charge in [0.25, 0.3) is 12.3 Å². The van der Waals surface area contributed by atoms with Gasteiger partial charge in [0.05, 0.1) is 11.3 Å².